The summed E-state index contributed by atoms with van der Waals surface area (Å²) in [6.07, 6.45) is -1.97. The molecule has 2 aromatic rings. The van der Waals surface area contributed by atoms with E-state index in [2.05, 4.69) is 20.6 Å². The monoisotopic (exact) mass is 353 g/mol. The van der Waals surface area contributed by atoms with Gasteiger partial charge >= 0.3 is 6.18 Å². The van der Waals surface area contributed by atoms with E-state index >= 15 is 0 Å². The number of aromatic nitrogens is 2. The van der Waals surface area contributed by atoms with Crippen molar-refractivity contribution in [2.45, 2.75) is 6.18 Å². The van der Waals surface area contributed by atoms with Crippen LogP contribution in [-0.2, 0) is 6.18 Å². The molecule has 9 heteroatoms. The molecule has 0 atom stereocenters. The molecule has 0 aliphatic heterocycles. The number of alkyl halides is 3. The van der Waals surface area contributed by atoms with Crippen LogP contribution in [0, 0.1) is 0 Å². The maximum Gasteiger partial charge on any atom is 0.418 e. The molecule has 1 amide bonds. The first-order chi connectivity index (χ1) is 11.8. The molecule has 0 fully saturated rings. The highest BCUT2D eigenvalue weighted by molar-refractivity contribution is 5.93. The predicted octanol–water partition coefficient (Wildman–Crippen LogP) is 2.53. The fourth-order valence-corrected chi connectivity index (χ4v) is 1.96. The normalized spacial score (nSPS) is 11.4. The fraction of sp³-hybridized carbons (Fsp3) is 0.312. The van der Waals surface area contributed by atoms with Gasteiger partial charge in [-0.2, -0.15) is 13.2 Å². The molecule has 0 spiro atoms. The van der Waals surface area contributed by atoms with Crippen LogP contribution in [0.5, 0.6) is 0 Å². The molecule has 1 aromatic heterocycles. The minimum absolute atomic E-state index is 0.0264. The number of carbonyl (C=O) groups excluding carboxylic acids is 1. The molecule has 25 heavy (non-hydrogen) atoms. The van der Waals surface area contributed by atoms with Crippen molar-refractivity contribution in [2.24, 2.45) is 0 Å². The summed E-state index contributed by atoms with van der Waals surface area (Å²) < 4.78 is 38.9. The average molecular weight is 353 g/mol. The van der Waals surface area contributed by atoms with Gasteiger partial charge in [-0.15, -0.1) is 0 Å². The van der Waals surface area contributed by atoms with Gasteiger partial charge in [0.2, 0.25) is 5.95 Å². The Bertz CT molecular complexity index is 716. The van der Waals surface area contributed by atoms with Crippen LogP contribution < -0.4 is 10.6 Å². The fourth-order valence-electron chi connectivity index (χ4n) is 1.96. The van der Waals surface area contributed by atoms with Gasteiger partial charge in [0.1, 0.15) is 0 Å². The van der Waals surface area contributed by atoms with Crippen molar-refractivity contribution in [3.8, 4) is 0 Å². The Morgan fingerprint density at radius 3 is 2.40 bits per heavy atom. The Morgan fingerprint density at radius 1 is 1.16 bits per heavy atom. The first kappa shape index (κ1) is 18.7. The molecule has 0 bridgehead atoms. The third-order valence-corrected chi connectivity index (χ3v) is 3.24. The summed E-state index contributed by atoms with van der Waals surface area (Å²) in [7, 11) is 3.77. The molecule has 1 aromatic carbocycles. The van der Waals surface area contributed by atoms with E-state index in [9.17, 15) is 18.0 Å². The maximum atomic E-state index is 13.0. The van der Waals surface area contributed by atoms with Gasteiger partial charge in [-0.1, -0.05) is 12.1 Å². The van der Waals surface area contributed by atoms with Gasteiger partial charge in [0, 0.05) is 25.5 Å². The number of amides is 1. The van der Waals surface area contributed by atoms with E-state index in [4.69, 9.17) is 0 Å². The van der Waals surface area contributed by atoms with Gasteiger partial charge in [-0.05, 0) is 26.2 Å². The molecule has 134 valence electrons. The Labute approximate surface area is 143 Å². The van der Waals surface area contributed by atoms with E-state index in [1.807, 2.05) is 19.0 Å². The van der Waals surface area contributed by atoms with E-state index in [-0.39, 0.29) is 23.1 Å². The predicted molar refractivity (Wildman–Crippen MR) is 87.6 cm³/mol. The molecule has 0 saturated carbocycles. The zero-order valence-electron chi connectivity index (χ0n) is 13.8. The number of benzene rings is 1. The number of halogens is 3. The Balaban J connectivity index is 2.05. The van der Waals surface area contributed by atoms with E-state index < -0.39 is 11.7 Å². The van der Waals surface area contributed by atoms with Crippen LogP contribution in [-0.4, -0.2) is 48.0 Å². The number of nitrogens with one attached hydrogen (secondary N) is 2. The van der Waals surface area contributed by atoms with Crippen molar-refractivity contribution in [1.82, 2.24) is 20.2 Å². The Kier molecular flexibility index (Phi) is 5.92. The van der Waals surface area contributed by atoms with Gasteiger partial charge < -0.3 is 15.5 Å². The van der Waals surface area contributed by atoms with E-state index in [1.165, 1.54) is 30.6 Å². The molecule has 0 unspecified atom stereocenters. The molecule has 0 radical (unpaired) electrons. The minimum Gasteiger partial charge on any atom is -0.351 e. The van der Waals surface area contributed by atoms with Crippen molar-refractivity contribution in [2.75, 3.05) is 32.5 Å². The van der Waals surface area contributed by atoms with Gasteiger partial charge in [0.15, 0.2) is 0 Å². The summed E-state index contributed by atoms with van der Waals surface area (Å²) in [5.74, 6) is -0.370. The SMILES string of the molecule is CN(C)CCNC(=O)c1cnc(Nc2ccccc2C(F)(F)F)nc1. The van der Waals surface area contributed by atoms with Crippen LogP contribution in [0.15, 0.2) is 36.7 Å². The number of nitrogens with zero attached hydrogens (tertiary/aromatic N) is 3. The highest BCUT2D eigenvalue weighted by Gasteiger charge is 2.33. The molecule has 6 nitrogen and oxygen atoms in total. The number of hydrogen-bond acceptors (Lipinski definition) is 5. The van der Waals surface area contributed by atoms with Crippen molar-refractivity contribution in [3.05, 3.63) is 47.8 Å². The smallest absolute Gasteiger partial charge is 0.351 e. The zero-order chi connectivity index (χ0) is 18.4. The lowest BCUT2D eigenvalue weighted by molar-refractivity contribution is -0.136. The standard InChI is InChI=1S/C16H18F3N5O/c1-24(2)8-7-20-14(25)11-9-21-15(22-10-11)23-13-6-4-3-5-12(13)16(17,18)19/h3-6,9-10H,7-8H2,1-2H3,(H,20,25)(H,21,22,23). The van der Waals surface area contributed by atoms with E-state index in [1.54, 1.807) is 0 Å². The third kappa shape index (κ3) is 5.42. The summed E-state index contributed by atoms with van der Waals surface area (Å²) in [5, 5.41) is 5.22. The highest BCUT2D eigenvalue weighted by Crippen LogP contribution is 2.35. The van der Waals surface area contributed by atoms with E-state index in [0.29, 0.717) is 13.1 Å². The number of carbonyl (C=O) groups is 1. The van der Waals surface area contributed by atoms with Crippen LogP contribution in [0.4, 0.5) is 24.8 Å². The van der Waals surface area contributed by atoms with Crippen LogP contribution in [0.25, 0.3) is 0 Å². The zero-order valence-corrected chi connectivity index (χ0v) is 13.8. The summed E-state index contributed by atoms with van der Waals surface area (Å²) >= 11 is 0. The molecule has 1 heterocycles. The number of rotatable bonds is 6. The molecular weight excluding hydrogens is 335 g/mol. The lowest BCUT2D eigenvalue weighted by atomic mass is 10.1. The van der Waals surface area contributed by atoms with Crippen molar-refractivity contribution < 1.29 is 18.0 Å². The van der Waals surface area contributed by atoms with Gasteiger partial charge in [-0.25, -0.2) is 9.97 Å². The molecule has 0 aliphatic carbocycles. The molecular formula is C16H18F3N5O. The van der Waals surface area contributed by atoms with Crippen molar-refractivity contribution >= 4 is 17.5 Å². The van der Waals surface area contributed by atoms with Gasteiger partial charge in [0.25, 0.3) is 5.91 Å². The van der Waals surface area contributed by atoms with Crippen LogP contribution in [0.3, 0.4) is 0 Å². The van der Waals surface area contributed by atoms with Crippen molar-refractivity contribution in [3.63, 3.8) is 0 Å². The van der Waals surface area contributed by atoms with Crippen LogP contribution in [0.1, 0.15) is 15.9 Å². The first-order valence-electron chi connectivity index (χ1n) is 7.45. The van der Waals surface area contributed by atoms with Crippen LogP contribution in [0.2, 0.25) is 0 Å². The number of anilines is 2. The second kappa shape index (κ2) is 7.93. The molecule has 0 aliphatic rings. The Morgan fingerprint density at radius 2 is 1.80 bits per heavy atom. The largest absolute Gasteiger partial charge is 0.418 e. The molecule has 2 N–H and O–H groups in total. The number of para-hydroxylation sites is 1. The maximum absolute atomic E-state index is 13.0. The number of likely N-dealkylation sites (N-methyl/N-ethyl adjacent to an activating group) is 1. The summed E-state index contributed by atoms with van der Waals surface area (Å²) in [6.45, 7) is 1.14. The molecule has 0 saturated heterocycles. The quantitative estimate of drug-likeness (QED) is 0.835. The summed E-state index contributed by atoms with van der Waals surface area (Å²) in [4.78, 5) is 21.6. The Hall–Kier alpha value is -2.68. The lowest BCUT2D eigenvalue weighted by Crippen LogP contribution is -2.31. The average Bonchev–Trinajstić information content (AvgIpc) is 2.54. The van der Waals surface area contributed by atoms with E-state index in [0.717, 1.165) is 6.07 Å². The van der Waals surface area contributed by atoms with Crippen molar-refractivity contribution in [1.29, 1.82) is 0 Å². The summed E-state index contributed by atoms with van der Waals surface area (Å²) in [6, 6.07) is 5.03. The molecule has 2 rings (SSSR count). The first-order valence-corrected chi connectivity index (χ1v) is 7.45. The number of hydrogen-bond donors (Lipinski definition) is 2. The van der Waals surface area contributed by atoms with Gasteiger partial charge in [0.05, 0.1) is 16.8 Å². The highest BCUT2D eigenvalue weighted by atomic mass is 19.4. The van der Waals surface area contributed by atoms with Gasteiger partial charge in [-0.3, -0.25) is 4.79 Å². The summed E-state index contributed by atoms with van der Waals surface area (Å²) in [5.41, 5.74) is -0.740. The minimum atomic E-state index is -4.49. The third-order valence-electron chi connectivity index (χ3n) is 3.24. The second-order valence-corrected chi connectivity index (χ2v) is 5.52. The second-order valence-electron chi connectivity index (χ2n) is 5.52. The van der Waals surface area contributed by atoms with Crippen LogP contribution >= 0.6 is 0 Å². The topological polar surface area (TPSA) is 70.2 Å². The lowest BCUT2D eigenvalue weighted by Gasteiger charge is -2.13.